The number of aromatic nitrogens is 1. The predicted molar refractivity (Wildman–Crippen MR) is 85.6 cm³/mol. The second kappa shape index (κ2) is 5.79. The molecule has 4 heteroatoms. The van der Waals surface area contributed by atoms with Crippen molar-refractivity contribution < 1.29 is 4.79 Å². The van der Waals surface area contributed by atoms with Crippen molar-refractivity contribution >= 4 is 17.5 Å². The van der Waals surface area contributed by atoms with Gasteiger partial charge in [-0.1, -0.05) is 37.8 Å². The van der Waals surface area contributed by atoms with E-state index in [9.17, 15) is 9.59 Å². The molecule has 0 radical (unpaired) electrons. The molecule has 0 bridgehead atoms. The molecule has 21 heavy (non-hydrogen) atoms. The van der Waals surface area contributed by atoms with E-state index in [1.54, 1.807) is 31.2 Å². The Labute approximate surface area is 123 Å². The summed E-state index contributed by atoms with van der Waals surface area (Å²) in [6.07, 6.45) is 2.29. The lowest BCUT2D eigenvalue weighted by Crippen LogP contribution is -2.22. The zero-order valence-corrected chi connectivity index (χ0v) is 12.2. The molecule has 0 aliphatic carbocycles. The lowest BCUT2D eigenvalue weighted by molar-refractivity contribution is 0.103. The second-order valence-corrected chi connectivity index (χ2v) is 4.86. The van der Waals surface area contributed by atoms with Crippen LogP contribution in [0.2, 0.25) is 0 Å². The minimum Gasteiger partial charge on any atom is -0.394 e. The number of hydrogen-bond donors (Lipinski definition) is 2. The highest BCUT2D eigenvalue weighted by Crippen LogP contribution is 2.21. The summed E-state index contributed by atoms with van der Waals surface area (Å²) in [6, 6.07) is 7.10. The Morgan fingerprint density at radius 2 is 2.14 bits per heavy atom. The highest BCUT2D eigenvalue weighted by molar-refractivity contribution is 6.13. The lowest BCUT2D eigenvalue weighted by atomic mass is 9.94. The fraction of sp³-hybridized carbons (Fsp3) is 0.176. The Balaban J connectivity index is 2.68. The van der Waals surface area contributed by atoms with E-state index in [-0.39, 0.29) is 11.5 Å². The van der Waals surface area contributed by atoms with Gasteiger partial charge in [0.15, 0.2) is 5.78 Å². The molecule has 0 spiro atoms. The van der Waals surface area contributed by atoms with Crippen molar-refractivity contribution in [2.75, 3.05) is 5.73 Å². The molecule has 3 N–H and O–H groups in total. The summed E-state index contributed by atoms with van der Waals surface area (Å²) in [5.74, 6) is -0.234. The molecule has 0 saturated heterocycles. The number of anilines is 1. The van der Waals surface area contributed by atoms with Gasteiger partial charge in [0.05, 0.1) is 5.56 Å². The number of pyridine rings is 1. The molecule has 0 fully saturated rings. The summed E-state index contributed by atoms with van der Waals surface area (Å²) in [5, 5.41) is 0. The molecule has 108 valence electrons. The normalized spacial score (nSPS) is 10.4. The number of hydrogen-bond acceptors (Lipinski definition) is 3. The summed E-state index contributed by atoms with van der Waals surface area (Å²) >= 11 is 0. The molecule has 4 nitrogen and oxygen atoms in total. The van der Waals surface area contributed by atoms with Gasteiger partial charge in [0.25, 0.3) is 5.56 Å². The fourth-order valence-corrected chi connectivity index (χ4v) is 2.43. The number of benzene rings is 1. The lowest BCUT2D eigenvalue weighted by Gasteiger charge is -2.12. The number of rotatable bonds is 4. The van der Waals surface area contributed by atoms with Crippen molar-refractivity contribution in [3.8, 4) is 0 Å². The van der Waals surface area contributed by atoms with E-state index in [0.29, 0.717) is 23.2 Å². The molecule has 1 heterocycles. The van der Waals surface area contributed by atoms with Crippen molar-refractivity contribution in [2.45, 2.75) is 20.3 Å². The van der Waals surface area contributed by atoms with Crippen LogP contribution in [0.1, 0.15) is 39.7 Å². The third kappa shape index (κ3) is 2.65. The summed E-state index contributed by atoms with van der Waals surface area (Å²) in [6.45, 7) is 7.39. The van der Waals surface area contributed by atoms with Crippen LogP contribution in [-0.4, -0.2) is 10.8 Å². The molecule has 0 saturated carbocycles. The van der Waals surface area contributed by atoms with E-state index in [1.165, 1.54) is 0 Å². The minimum absolute atomic E-state index is 0.0218. The van der Waals surface area contributed by atoms with Gasteiger partial charge in [0, 0.05) is 11.3 Å². The highest BCUT2D eigenvalue weighted by Gasteiger charge is 2.20. The van der Waals surface area contributed by atoms with Crippen molar-refractivity contribution in [1.82, 2.24) is 4.98 Å². The minimum atomic E-state index is -0.423. The van der Waals surface area contributed by atoms with Crippen LogP contribution in [0.3, 0.4) is 0 Å². The quantitative estimate of drug-likeness (QED) is 0.846. The number of ketones is 1. The molecule has 1 aromatic carbocycles. The predicted octanol–water partition coefficient (Wildman–Crippen LogP) is 2.70. The smallest absolute Gasteiger partial charge is 0.272 e. The van der Waals surface area contributed by atoms with Crippen molar-refractivity contribution in [3.05, 3.63) is 69.1 Å². The molecule has 0 aliphatic rings. The van der Waals surface area contributed by atoms with Gasteiger partial charge < -0.3 is 10.7 Å². The maximum atomic E-state index is 12.8. The number of aromatic amines is 1. The van der Waals surface area contributed by atoms with Gasteiger partial charge >= 0.3 is 0 Å². The molecule has 2 aromatic rings. The van der Waals surface area contributed by atoms with E-state index in [4.69, 9.17) is 5.73 Å². The third-order valence-electron chi connectivity index (χ3n) is 3.53. The highest BCUT2D eigenvalue weighted by atomic mass is 16.1. The number of nitrogen functional groups attached to an aromatic ring is 1. The Kier molecular flexibility index (Phi) is 4.08. The van der Waals surface area contributed by atoms with Crippen molar-refractivity contribution in [2.24, 2.45) is 0 Å². The second-order valence-electron chi connectivity index (χ2n) is 4.86. The van der Waals surface area contributed by atoms with E-state index in [0.717, 1.165) is 11.1 Å². The Morgan fingerprint density at radius 1 is 1.43 bits per heavy atom. The summed E-state index contributed by atoms with van der Waals surface area (Å²) in [5.41, 5.74) is 8.52. The van der Waals surface area contributed by atoms with Gasteiger partial charge in [-0.15, -0.1) is 0 Å². The topological polar surface area (TPSA) is 76.0 Å². The molecule has 0 aliphatic heterocycles. The summed E-state index contributed by atoms with van der Waals surface area (Å²) < 4.78 is 0. The molecule has 2 rings (SSSR count). The zero-order chi connectivity index (χ0) is 15.6. The number of nitrogens with two attached hydrogens (primary N) is 1. The van der Waals surface area contributed by atoms with Gasteiger partial charge in [-0.2, -0.15) is 0 Å². The van der Waals surface area contributed by atoms with Gasteiger partial charge in [-0.25, -0.2) is 0 Å². The first kappa shape index (κ1) is 14.8. The first-order valence-electron chi connectivity index (χ1n) is 6.78. The monoisotopic (exact) mass is 282 g/mol. The number of nitrogens with one attached hydrogen (secondary N) is 1. The average molecular weight is 282 g/mol. The maximum Gasteiger partial charge on any atom is 0.272 e. The molecular formula is C17H18N2O2. The van der Waals surface area contributed by atoms with Crippen LogP contribution in [0, 0.1) is 6.92 Å². The molecule has 0 atom stereocenters. The zero-order valence-electron chi connectivity index (χ0n) is 12.2. The van der Waals surface area contributed by atoms with Gasteiger partial charge in [-0.05, 0) is 30.5 Å². The van der Waals surface area contributed by atoms with Gasteiger partial charge in [-0.3, -0.25) is 9.59 Å². The molecule has 0 amide bonds. The van der Waals surface area contributed by atoms with Crippen molar-refractivity contribution in [1.29, 1.82) is 0 Å². The van der Waals surface area contributed by atoms with E-state index < -0.39 is 5.56 Å². The van der Waals surface area contributed by atoms with E-state index in [1.807, 2.05) is 13.0 Å². The molecular weight excluding hydrogens is 264 g/mol. The number of H-pyrrole nitrogens is 1. The van der Waals surface area contributed by atoms with E-state index in [2.05, 4.69) is 11.6 Å². The Hall–Kier alpha value is -2.62. The average Bonchev–Trinajstić information content (AvgIpc) is 2.50. The largest absolute Gasteiger partial charge is 0.394 e. The fourth-order valence-electron chi connectivity index (χ4n) is 2.43. The van der Waals surface area contributed by atoms with Crippen LogP contribution in [-0.2, 0) is 6.42 Å². The number of carbonyl (C=O) groups excluding carboxylic acids is 1. The Bertz CT molecular complexity index is 773. The van der Waals surface area contributed by atoms with Crippen LogP contribution in [0.4, 0.5) is 5.69 Å². The van der Waals surface area contributed by atoms with Crippen LogP contribution < -0.4 is 11.3 Å². The van der Waals surface area contributed by atoms with Gasteiger partial charge in [0.2, 0.25) is 0 Å². The summed E-state index contributed by atoms with van der Waals surface area (Å²) in [7, 11) is 0. The first-order valence-corrected chi connectivity index (χ1v) is 6.78. The SMILES string of the molecule is C=Cc1cccc(C(=O)c2c(CC)c(C)[nH]c(=O)c2N)c1. The van der Waals surface area contributed by atoms with Crippen LogP contribution in [0.25, 0.3) is 6.08 Å². The number of aryl methyl sites for hydroxylation is 1. The van der Waals surface area contributed by atoms with Gasteiger partial charge in [0.1, 0.15) is 5.69 Å². The summed E-state index contributed by atoms with van der Waals surface area (Å²) in [4.78, 5) is 27.3. The first-order chi connectivity index (χ1) is 9.99. The van der Waals surface area contributed by atoms with E-state index >= 15 is 0 Å². The molecule has 1 aromatic heterocycles. The standard InChI is InChI=1S/C17H18N2O2/c1-4-11-7-6-8-12(9-11)16(20)14-13(5-2)10(3)19-17(21)15(14)18/h4,6-9H,1,5,18H2,2-3H3,(H,19,21). The van der Waals surface area contributed by atoms with Crippen LogP contribution in [0.5, 0.6) is 0 Å². The van der Waals surface area contributed by atoms with Crippen molar-refractivity contribution in [3.63, 3.8) is 0 Å². The maximum absolute atomic E-state index is 12.8. The van der Waals surface area contributed by atoms with Crippen LogP contribution >= 0.6 is 0 Å². The van der Waals surface area contributed by atoms with Crippen LogP contribution in [0.15, 0.2) is 35.6 Å². The third-order valence-corrected chi connectivity index (χ3v) is 3.53. The number of carbonyl (C=O) groups is 1. The Morgan fingerprint density at radius 3 is 2.76 bits per heavy atom. The molecule has 0 unspecified atom stereocenters.